The number of nitrogens with zero attached hydrogens (tertiary/aromatic N) is 1. The van der Waals surface area contributed by atoms with Gasteiger partial charge in [0.2, 0.25) is 0 Å². The summed E-state index contributed by atoms with van der Waals surface area (Å²) in [5, 5.41) is 0. The van der Waals surface area contributed by atoms with Crippen LogP contribution in [-0.4, -0.2) is 4.98 Å². The lowest BCUT2D eigenvalue weighted by Crippen LogP contribution is -1.78. The first kappa shape index (κ1) is 6.55. The maximum Gasteiger partial charge on any atom is 0.0801 e. The van der Waals surface area contributed by atoms with Gasteiger partial charge in [0, 0.05) is 10.9 Å². The molecule has 0 N–H and O–H groups in total. The highest BCUT2D eigenvalue weighted by atomic mass is 79.9. The van der Waals surface area contributed by atoms with E-state index in [0.29, 0.717) is 0 Å². The van der Waals surface area contributed by atoms with E-state index in [1.807, 2.05) is 5.51 Å². The van der Waals surface area contributed by atoms with Gasteiger partial charge in [0.05, 0.1) is 16.1 Å². The highest BCUT2D eigenvalue weighted by Crippen LogP contribution is 2.38. The second-order valence-electron chi connectivity index (χ2n) is 2.40. The topological polar surface area (TPSA) is 12.9 Å². The Morgan fingerprint density at radius 1 is 1.70 bits per heavy atom. The van der Waals surface area contributed by atoms with Gasteiger partial charge in [-0.05, 0) is 22.9 Å². The van der Waals surface area contributed by atoms with Crippen LogP contribution in [0.15, 0.2) is 11.1 Å². The summed E-state index contributed by atoms with van der Waals surface area (Å²) in [7, 11) is 0. The summed E-state index contributed by atoms with van der Waals surface area (Å²) in [4.78, 5) is 5.56. The molecule has 1 aromatic heterocycles. The first-order valence-electron chi connectivity index (χ1n) is 3.07. The first-order chi connectivity index (χ1) is 4.79. The fourth-order valence-corrected chi connectivity index (χ4v) is 2.57. The van der Waals surface area contributed by atoms with E-state index in [9.17, 15) is 0 Å². The normalized spacial score (nSPS) is 16.2. The number of rotatable bonds is 0. The molecular formula is C7H6BrNS. The lowest BCUT2D eigenvalue weighted by Gasteiger charge is -1.88. The minimum absolute atomic E-state index is 1.03. The van der Waals surface area contributed by atoms with Gasteiger partial charge in [-0.3, -0.25) is 0 Å². The Hall–Kier alpha value is -0.150. The number of thiazole rings is 1. The number of aromatic nitrogens is 1. The molecule has 1 heterocycles. The highest BCUT2D eigenvalue weighted by Gasteiger charge is 2.18. The summed E-state index contributed by atoms with van der Waals surface area (Å²) in [5.41, 5.74) is 4.53. The molecule has 0 fully saturated rings. The van der Waals surface area contributed by atoms with E-state index in [1.54, 1.807) is 11.3 Å². The Morgan fingerprint density at radius 3 is 3.20 bits per heavy atom. The number of allylic oxidation sites excluding steroid dienone is 1. The Labute approximate surface area is 71.9 Å². The van der Waals surface area contributed by atoms with Crippen molar-refractivity contribution in [1.82, 2.24) is 4.98 Å². The molecule has 3 heteroatoms. The van der Waals surface area contributed by atoms with Gasteiger partial charge < -0.3 is 0 Å². The van der Waals surface area contributed by atoms with E-state index in [0.717, 1.165) is 6.42 Å². The Morgan fingerprint density at radius 2 is 2.50 bits per heavy atom. The van der Waals surface area contributed by atoms with Gasteiger partial charge in [-0.1, -0.05) is 5.57 Å². The van der Waals surface area contributed by atoms with Gasteiger partial charge in [0.15, 0.2) is 0 Å². The van der Waals surface area contributed by atoms with Gasteiger partial charge in [-0.25, -0.2) is 4.98 Å². The smallest absolute Gasteiger partial charge is 0.0801 e. The van der Waals surface area contributed by atoms with Crippen LogP contribution in [-0.2, 0) is 6.42 Å². The Bertz CT molecular complexity index is 300. The Balaban J connectivity index is 2.60. The zero-order valence-electron chi connectivity index (χ0n) is 5.52. The van der Waals surface area contributed by atoms with Crippen LogP contribution < -0.4 is 0 Å². The Kier molecular flexibility index (Phi) is 1.42. The van der Waals surface area contributed by atoms with Crippen LogP contribution in [0.2, 0.25) is 0 Å². The van der Waals surface area contributed by atoms with E-state index >= 15 is 0 Å². The van der Waals surface area contributed by atoms with Crippen molar-refractivity contribution in [2.75, 3.05) is 0 Å². The van der Waals surface area contributed by atoms with Crippen LogP contribution in [0.25, 0.3) is 4.48 Å². The molecular weight excluding hydrogens is 210 g/mol. The van der Waals surface area contributed by atoms with E-state index in [1.165, 1.54) is 20.6 Å². The lowest BCUT2D eigenvalue weighted by atomic mass is 10.3. The van der Waals surface area contributed by atoms with Crippen molar-refractivity contribution in [3.8, 4) is 0 Å². The zero-order valence-corrected chi connectivity index (χ0v) is 7.92. The molecule has 1 nitrogen and oxygen atoms in total. The van der Waals surface area contributed by atoms with E-state index in [4.69, 9.17) is 0 Å². The average Bonchev–Trinajstić information content (AvgIpc) is 2.41. The molecule has 2 rings (SSSR count). The van der Waals surface area contributed by atoms with Crippen LogP contribution in [0.1, 0.15) is 17.5 Å². The summed E-state index contributed by atoms with van der Waals surface area (Å²) in [6.07, 6.45) is 1.03. The van der Waals surface area contributed by atoms with Crippen molar-refractivity contribution in [1.29, 1.82) is 0 Å². The first-order valence-corrected chi connectivity index (χ1v) is 4.74. The quantitative estimate of drug-likeness (QED) is 0.649. The largest absolute Gasteiger partial charge is 0.249 e. The predicted molar refractivity (Wildman–Crippen MR) is 47.3 cm³/mol. The molecule has 10 heavy (non-hydrogen) atoms. The molecule has 0 atom stereocenters. The number of fused-ring (bicyclic) bond motifs is 1. The van der Waals surface area contributed by atoms with E-state index < -0.39 is 0 Å². The number of hydrogen-bond donors (Lipinski definition) is 0. The van der Waals surface area contributed by atoms with Crippen molar-refractivity contribution < 1.29 is 0 Å². The van der Waals surface area contributed by atoms with Gasteiger partial charge in [-0.2, -0.15) is 0 Å². The van der Waals surface area contributed by atoms with Crippen molar-refractivity contribution in [2.24, 2.45) is 0 Å². The zero-order chi connectivity index (χ0) is 7.14. The van der Waals surface area contributed by atoms with Crippen LogP contribution in [0.4, 0.5) is 0 Å². The van der Waals surface area contributed by atoms with Crippen LogP contribution in [0.5, 0.6) is 0 Å². The molecule has 0 radical (unpaired) electrons. The fourth-order valence-electron chi connectivity index (χ4n) is 1.10. The van der Waals surface area contributed by atoms with Gasteiger partial charge in [0.25, 0.3) is 0 Å². The number of hydrogen-bond acceptors (Lipinski definition) is 2. The molecule has 0 aromatic carbocycles. The maximum absolute atomic E-state index is 4.24. The highest BCUT2D eigenvalue weighted by molar-refractivity contribution is 9.15. The molecule has 1 aliphatic rings. The summed E-state index contributed by atoms with van der Waals surface area (Å²) in [6, 6.07) is 0. The average molecular weight is 216 g/mol. The molecule has 0 unspecified atom stereocenters. The molecule has 0 bridgehead atoms. The maximum atomic E-state index is 4.24. The standard InChI is InChI=1S/C7H6BrNS/c1-4-2-5-7(6(4)8)10-3-9-5/h3H,2H2,1H3. The third kappa shape index (κ3) is 0.772. The van der Waals surface area contributed by atoms with Gasteiger partial charge in [0.1, 0.15) is 0 Å². The van der Waals surface area contributed by atoms with Crippen molar-refractivity contribution in [3.05, 3.63) is 21.7 Å². The molecule has 1 aromatic rings. The summed E-state index contributed by atoms with van der Waals surface area (Å²) in [6.45, 7) is 2.14. The predicted octanol–water partition coefficient (Wildman–Crippen LogP) is 2.83. The van der Waals surface area contributed by atoms with Gasteiger partial charge in [-0.15, -0.1) is 11.3 Å². The third-order valence-corrected chi connectivity index (χ3v) is 3.87. The summed E-state index contributed by atoms with van der Waals surface area (Å²) < 4.78 is 1.25. The molecule has 1 aliphatic carbocycles. The molecule has 0 spiro atoms. The van der Waals surface area contributed by atoms with Gasteiger partial charge >= 0.3 is 0 Å². The second-order valence-corrected chi connectivity index (χ2v) is 4.05. The molecule has 0 saturated heterocycles. The summed E-state index contributed by atoms with van der Waals surface area (Å²) >= 11 is 5.24. The fraction of sp³-hybridized carbons (Fsp3) is 0.286. The third-order valence-electron chi connectivity index (χ3n) is 1.65. The molecule has 0 aliphatic heterocycles. The van der Waals surface area contributed by atoms with Crippen LogP contribution >= 0.6 is 27.3 Å². The SMILES string of the molecule is CC1=C(Br)c2scnc2C1. The minimum Gasteiger partial charge on any atom is -0.249 e. The molecule has 52 valence electrons. The lowest BCUT2D eigenvalue weighted by molar-refractivity contribution is 1.11. The summed E-state index contributed by atoms with van der Waals surface area (Å²) in [5.74, 6) is 0. The van der Waals surface area contributed by atoms with Crippen molar-refractivity contribution >= 4 is 31.7 Å². The second kappa shape index (κ2) is 2.17. The minimum atomic E-state index is 1.03. The van der Waals surface area contributed by atoms with Crippen LogP contribution in [0, 0.1) is 0 Å². The van der Waals surface area contributed by atoms with E-state index in [2.05, 4.69) is 27.8 Å². The number of halogens is 1. The molecule has 0 amide bonds. The monoisotopic (exact) mass is 215 g/mol. The van der Waals surface area contributed by atoms with Crippen LogP contribution in [0.3, 0.4) is 0 Å². The van der Waals surface area contributed by atoms with E-state index in [-0.39, 0.29) is 0 Å². The molecule has 0 saturated carbocycles. The van der Waals surface area contributed by atoms with Crippen molar-refractivity contribution in [2.45, 2.75) is 13.3 Å². The van der Waals surface area contributed by atoms with Crippen molar-refractivity contribution in [3.63, 3.8) is 0 Å².